The fourth-order valence-corrected chi connectivity index (χ4v) is 1.73. The van der Waals surface area contributed by atoms with Crippen molar-refractivity contribution < 1.29 is 9.53 Å². The van der Waals surface area contributed by atoms with Gasteiger partial charge in [0.1, 0.15) is 11.5 Å². The van der Waals surface area contributed by atoms with Gasteiger partial charge in [-0.15, -0.1) is 5.10 Å². The minimum absolute atomic E-state index is 0.0322. The third kappa shape index (κ3) is 4.01. The molecule has 0 spiro atoms. The summed E-state index contributed by atoms with van der Waals surface area (Å²) in [5.41, 5.74) is 0.498. The number of carbonyl (C=O) groups is 1. The van der Waals surface area contributed by atoms with Gasteiger partial charge in [0.2, 0.25) is 11.7 Å². The molecular formula is C14H19N5O2. The summed E-state index contributed by atoms with van der Waals surface area (Å²) in [4.78, 5) is 20.4. The van der Waals surface area contributed by atoms with Crippen LogP contribution >= 0.6 is 0 Å². The fraction of sp³-hybridized carbons (Fsp3) is 0.429. The number of ether oxygens (including phenoxy) is 1. The molecule has 2 N–H and O–H groups in total. The van der Waals surface area contributed by atoms with Crippen LogP contribution in [-0.4, -0.2) is 32.2 Å². The lowest BCUT2D eigenvalue weighted by atomic mass is 10.3. The van der Waals surface area contributed by atoms with Crippen LogP contribution in [-0.2, 0) is 6.42 Å². The van der Waals surface area contributed by atoms with E-state index in [9.17, 15) is 4.79 Å². The number of amides is 1. The van der Waals surface area contributed by atoms with E-state index in [2.05, 4.69) is 25.5 Å². The predicted molar refractivity (Wildman–Crippen MR) is 78.3 cm³/mol. The van der Waals surface area contributed by atoms with E-state index >= 15 is 0 Å². The van der Waals surface area contributed by atoms with Gasteiger partial charge in [0.25, 0.3) is 5.91 Å². The Balaban J connectivity index is 2.11. The maximum Gasteiger partial charge on any atom is 0.295 e. The summed E-state index contributed by atoms with van der Waals surface area (Å²) < 4.78 is 5.55. The number of aryl methyl sites for hydroxylation is 1. The van der Waals surface area contributed by atoms with Crippen LogP contribution in [0.25, 0.3) is 0 Å². The molecule has 7 nitrogen and oxygen atoms in total. The second-order valence-electron chi connectivity index (χ2n) is 4.83. The minimum Gasteiger partial charge on any atom is -0.473 e. The summed E-state index contributed by atoms with van der Waals surface area (Å²) in [5, 5.41) is 9.38. The zero-order valence-corrected chi connectivity index (χ0v) is 12.4. The molecule has 0 saturated heterocycles. The van der Waals surface area contributed by atoms with Crippen molar-refractivity contribution in [3.05, 3.63) is 30.0 Å². The van der Waals surface area contributed by atoms with Crippen LogP contribution in [0, 0.1) is 0 Å². The quantitative estimate of drug-likeness (QED) is 0.850. The van der Waals surface area contributed by atoms with Gasteiger partial charge in [-0.25, -0.2) is 9.97 Å². The normalized spacial score (nSPS) is 10.7. The SMILES string of the molecule is CCCc1nc(C(=O)Nc2cccnc2OC(C)C)n[nH]1. The number of hydrogen-bond acceptors (Lipinski definition) is 5. The molecule has 0 saturated carbocycles. The zero-order valence-electron chi connectivity index (χ0n) is 12.4. The van der Waals surface area contributed by atoms with Crippen molar-refractivity contribution in [1.82, 2.24) is 20.2 Å². The fourth-order valence-electron chi connectivity index (χ4n) is 1.73. The van der Waals surface area contributed by atoms with Crippen molar-refractivity contribution in [3.63, 3.8) is 0 Å². The van der Waals surface area contributed by atoms with Gasteiger partial charge in [-0.1, -0.05) is 6.92 Å². The van der Waals surface area contributed by atoms with Gasteiger partial charge >= 0.3 is 0 Å². The summed E-state index contributed by atoms with van der Waals surface area (Å²) in [7, 11) is 0. The first-order chi connectivity index (χ1) is 10.1. The Kier molecular flexibility index (Phi) is 4.86. The molecule has 0 unspecified atom stereocenters. The number of pyridine rings is 1. The lowest BCUT2D eigenvalue weighted by molar-refractivity contribution is 0.101. The van der Waals surface area contributed by atoms with Crippen molar-refractivity contribution in [2.75, 3.05) is 5.32 Å². The summed E-state index contributed by atoms with van der Waals surface area (Å²) in [6.45, 7) is 5.83. The highest BCUT2D eigenvalue weighted by atomic mass is 16.5. The molecule has 0 bridgehead atoms. The van der Waals surface area contributed by atoms with Crippen molar-refractivity contribution in [2.24, 2.45) is 0 Å². The van der Waals surface area contributed by atoms with E-state index in [1.807, 2.05) is 20.8 Å². The summed E-state index contributed by atoms with van der Waals surface area (Å²) in [5.74, 6) is 0.797. The summed E-state index contributed by atoms with van der Waals surface area (Å²) >= 11 is 0. The second-order valence-corrected chi connectivity index (χ2v) is 4.83. The van der Waals surface area contributed by atoms with Crippen LogP contribution in [0.2, 0.25) is 0 Å². The molecule has 0 aliphatic heterocycles. The summed E-state index contributed by atoms with van der Waals surface area (Å²) in [6.07, 6.45) is 3.27. The van der Waals surface area contributed by atoms with E-state index in [0.717, 1.165) is 12.8 Å². The van der Waals surface area contributed by atoms with Gasteiger partial charge in [0.05, 0.1) is 6.10 Å². The molecule has 21 heavy (non-hydrogen) atoms. The Morgan fingerprint density at radius 3 is 3.00 bits per heavy atom. The molecule has 0 aliphatic rings. The molecule has 0 aliphatic carbocycles. The van der Waals surface area contributed by atoms with Crippen molar-refractivity contribution in [1.29, 1.82) is 0 Å². The third-order valence-electron chi connectivity index (χ3n) is 2.59. The van der Waals surface area contributed by atoms with E-state index in [0.29, 0.717) is 17.4 Å². The maximum atomic E-state index is 12.1. The third-order valence-corrected chi connectivity index (χ3v) is 2.59. The monoisotopic (exact) mass is 289 g/mol. The van der Waals surface area contributed by atoms with E-state index in [4.69, 9.17) is 4.74 Å². The number of H-pyrrole nitrogens is 1. The number of aromatic amines is 1. The standard InChI is InChI=1S/C14H19N5O2/c1-4-6-11-17-12(19-18-11)13(20)16-10-7-5-8-15-14(10)21-9(2)3/h5,7-9H,4,6H2,1-3H3,(H,16,20)(H,17,18,19). The first kappa shape index (κ1) is 15.0. The Hall–Kier alpha value is -2.44. The molecule has 1 amide bonds. The number of nitrogens with one attached hydrogen (secondary N) is 2. The molecule has 2 aromatic rings. The highest BCUT2D eigenvalue weighted by Gasteiger charge is 2.15. The lowest BCUT2D eigenvalue weighted by Gasteiger charge is -2.12. The van der Waals surface area contributed by atoms with Crippen molar-refractivity contribution >= 4 is 11.6 Å². The number of rotatable bonds is 6. The molecule has 2 rings (SSSR count). The van der Waals surface area contributed by atoms with Gasteiger partial charge in [-0.3, -0.25) is 9.89 Å². The van der Waals surface area contributed by atoms with Crippen LogP contribution in [0.1, 0.15) is 43.6 Å². The first-order valence-electron chi connectivity index (χ1n) is 6.94. The number of anilines is 1. The first-order valence-corrected chi connectivity index (χ1v) is 6.94. The zero-order chi connectivity index (χ0) is 15.2. The van der Waals surface area contributed by atoms with Crippen LogP contribution in [0.3, 0.4) is 0 Å². The predicted octanol–water partition coefficient (Wildman–Crippen LogP) is 2.19. The van der Waals surface area contributed by atoms with Gasteiger partial charge in [-0.05, 0) is 32.4 Å². The second kappa shape index (κ2) is 6.83. The lowest BCUT2D eigenvalue weighted by Crippen LogP contribution is -2.16. The van der Waals surface area contributed by atoms with E-state index < -0.39 is 5.91 Å². The van der Waals surface area contributed by atoms with E-state index in [-0.39, 0.29) is 11.9 Å². The highest BCUT2D eigenvalue weighted by Crippen LogP contribution is 2.22. The highest BCUT2D eigenvalue weighted by molar-refractivity contribution is 6.02. The number of carbonyl (C=O) groups excluding carboxylic acids is 1. The molecule has 2 aromatic heterocycles. The number of nitrogens with zero attached hydrogens (tertiary/aromatic N) is 3. The molecule has 0 atom stereocenters. The minimum atomic E-state index is -0.393. The molecule has 0 fully saturated rings. The van der Waals surface area contributed by atoms with Crippen LogP contribution < -0.4 is 10.1 Å². The molecular weight excluding hydrogens is 270 g/mol. The van der Waals surface area contributed by atoms with Gasteiger partial charge in [0, 0.05) is 12.6 Å². The molecule has 112 valence electrons. The molecule has 0 radical (unpaired) electrons. The van der Waals surface area contributed by atoms with Crippen LogP contribution in [0.5, 0.6) is 5.88 Å². The Bertz CT molecular complexity index is 609. The topological polar surface area (TPSA) is 92.8 Å². The van der Waals surface area contributed by atoms with E-state index in [1.54, 1.807) is 18.3 Å². The summed E-state index contributed by atoms with van der Waals surface area (Å²) in [6, 6.07) is 3.45. The van der Waals surface area contributed by atoms with E-state index in [1.165, 1.54) is 0 Å². The maximum absolute atomic E-state index is 12.1. The van der Waals surface area contributed by atoms with Gasteiger partial charge < -0.3 is 10.1 Å². The average molecular weight is 289 g/mol. The van der Waals surface area contributed by atoms with Crippen molar-refractivity contribution in [2.45, 2.75) is 39.7 Å². The largest absolute Gasteiger partial charge is 0.473 e. The Morgan fingerprint density at radius 2 is 2.29 bits per heavy atom. The van der Waals surface area contributed by atoms with Crippen LogP contribution in [0.15, 0.2) is 18.3 Å². The molecule has 0 aromatic carbocycles. The smallest absolute Gasteiger partial charge is 0.295 e. The number of aromatic nitrogens is 4. The molecule has 2 heterocycles. The Labute approximate surface area is 123 Å². The number of hydrogen-bond donors (Lipinski definition) is 2. The van der Waals surface area contributed by atoms with Gasteiger partial charge in [0.15, 0.2) is 0 Å². The average Bonchev–Trinajstić information content (AvgIpc) is 2.89. The molecule has 7 heteroatoms. The Morgan fingerprint density at radius 1 is 1.48 bits per heavy atom. The van der Waals surface area contributed by atoms with Crippen molar-refractivity contribution in [3.8, 4) is 5.88 Å². The van der Waals surface area contributed by atoms with Gasteiger partial charge in [-0.2, -0.15) is 0 Å². The van der Waals surface area contributed by atoms with Crippen LogP contribution in [0.4, 0.5) is 5.69 Å².